The Morgan fingerprint density at radius 1 is 0.378 bits per heavy atom. The molecule has 0 saturated heterocycles. The van der Waals surface area contributed by atoms with Gasteiger partial charge in [-0.25, -0.2) is 0 Å². The first-order valence-corrected chi connectivity index (χ1v) is 27.8. The summed E-state index contributed by atoms with van der Waals surface area (Å²) in [7, 11) is 0. The third kappa shape index (κ3) is 22.5. The van der Waals surface area contributed by atoms with Crippen LogP contribution < -0.4 is 0 Å². The van der Waals surface area contributed by atoms with Gasteiger partial charge >= 0.3 is 0 Å². The van der Waals surface area contributed by atoms with Crippen molar-refractivity contribution in [3.05, 3.63) is 271 Å². The molecule has 0 amide bonds. The molecule has 3 radical (unpaired) electrons. The molecule has 0 aliphatic carbocycles. The fourth-order valence-electron chi connectivity index (χ4n) is 8.67. The average Bonchev–Trinajstić information content (AvgIpc) is 1.69. The van der Waals surface area contributed by atoms with Crippen LogP contribution >= 0.6 is 0 Å². The van der Waals surface area contributed by atoms with E-state index in [0.717, 1.165) is 83.9 Å². The molecular formula is C75H66Ir3N3O9-3. The molecule has 15 heteroatoms. The Labute approximate surface area is 565 Å². The van der Waals surface area contributed by atoms with E-state index >= 15 is 0 Å². The van der Waals surface area contributed by atoms with Crippen molar-refractivity contribution in [2.24, 2.45) is 0 Å². The number of nitrogens with zero attached hydrogens (tertiary/aromatic N) is 3. The van der Waals surface area contributed by atoms with Gasteiger partial charge in [0.2, 0.25) is 17.1 Å². The molecule has 6 aromatic carbocycles. The number of furan rings is 3. The van der Waals surface area contributed by atoms with Crippen molar-refractivity contribution in [3.8, 4) is 67.7 Å². The van der Waals surface area contributed by atoms with Gasteiger partial charge in [0.1, 0.15) is 17.3 Å². The van der Waals surface area contributed by atoms with E-state index in [9.17, 15) is 14.4 Å². The van der Waals surface area contributed by atoms with E-state index < -0.39 is 0 Å². The molecule has 0 aliphatic rings. The second-order valence-electron chi connectivity index (χ2n) is 20.1. The normalized spacial score (nSPS) is 10.7. The number of carbonyl (C=O) groups is 3. The van der Waals surface area contributed by atoms with Crippen LogP contribution in [0.4, 0.5) is 0 Å². The Morgan fingerprint density at radius 3 is 1.01 bits per heavy atom. The Balaban J connectivity index is 0.000000246. The van der Waals surface area contributed by atoms with Gasteiger partial charge in [-0.05, 0) is 109 Å². The molecule has 90 heavy (non-hydrogen) atoms. The standard InChI is InChI=1S/C21H16NO.C20H14NO.C19H12NO.3C5H8O2.3Ir/c1-14-7-6-8-15(2)20(14)19-13-17-11-12-18(22-21(17)23-19)16-9-4-3-5-10-16;1-14-7-9-16(10-8-14)19-13-17-11-12-18(21-20(17)22-19)15-5-3-2-4-6-15;1-3-7-14(8-4-1)17-12-11-16-13-18(21-19(16)20-17)15-9-5-2-6-10-15;3*1-4(6)3-5(2)7;;;/h3-9,11-13H,1-2H3;2-5,7-13H,1H3;1-7,9-13H;3*3,6H,1-2H3;;;/q3*-1;;;;;;. The fraction of sp³-hybridized carbons (Fsp3) is 0.120. The number of hydrogen-bond acceptors (Lipinski definition) is 12. The van der Waals surface area contributed by atoms with Crippen LogP contribution in [0.3, 0.4) is 0 Å². The van der Waals surface area contributed by atoms with Crippen LogP contribution in [-0.2, 0) is 74.7 Å². The number of benzene rings is 6. The number of ketones is 3. The summed E-state index contributed by atoms with van der Waals surface area (Å²) in [5, 5.41) is 28.1. The minimum Gasteiger partial charge on any atom is -0.512 e. The van der Waals surface area contributed by atoms with Crippen LogP contribution in [0.2, 0.25) is 0 Å². The molecule has 0 aliphatic heterocycles. The number of aliphatic hydroxyl groups is 3. The van der Waals surface area contributed by atoms with Gasteiger partial charge in [-0.3, -0.25) is 29.3 Å². The maximum Gasteiger partial charge on any atom is 0.217 e. The predicted octanol–water partition coefficient (Wildman–Crippen LogP) is 18.9. The number of aliphatic hydroxyl groups excluding tert-OH is 3. The predicted molar refractivity (Wildman–Crippen MR) is 347 cm³/mol. The van der Waals surface area contributed by atoms with Crippen molar-refractivity contribution in [3.63, 3.8) is 0 Å². The number of rotatable bonds is 9. The van der Waals surface area contributed by atoms with Gasteiger partial charge in [-0.2, -0.15) is 0 Å². The maximum atomic E-state index is 10.0. The van der Waals surface area contributed by atoms with Crippen molar-refractivity contribution >= 4 is 50.6 Å². The summed E-state index contributed by atoms with van der Waals surface area (Å²) in [6.07, 6.45) is 3.50. The minimum absolute atomic E-state index is 0. The van der Waals surface area contributed by atoms with E-state index in [4.69, 9.17) is 28.6 Å². The third-order valence-electron chi connectivity index (χ3n) is 12.5. The zero-order valence-electron chi connectivity index (χ0n) is 50.9. The summed E-state index contributed by atoms with van der Waals surface area (Å²) in [5.74, 6) is 2.37. The van der Waals surface area contributed by atoms with Gasteiger partial charge < -0.3 is 28.6 Å². The van der Waals surface area contributed by atoms with Crippen molar-refractivity contribution in [1.82, 2.24) is 15.0 Å². The second kappa shape index (κ2) is 36.4. The van der Waals surface area contributed by atoms with E-state index in [0.29, 0.717) is 17.1 Å². The smallest absolute Gasteiger partial charge is 0.217 e. The van der Waals surface area contributed by atoms with Crippen LogP contribution in [0.15, 0.2) is 249 Å². The Morgan fingerprint density at radius 2 is 0.700 bits per heavy atom. The molecule has 0 saturated carbocycles. The van der Waals surface area contributed by atoms with E-state index in [1.807, 2.05) is 146 Å². The van der Waals surface area contributed by atoms with E-state index in [-0.39, 0.29) is 94.9 Å². The van der Waals surface area contributed by atoms with Gasteiger partial charge in [0.25, 0.3) is 0 Å². The fourth-order valence-corrected chi connectivity index (χ4v) is 8.67. The van der Waals surface area contributed by atoms with Gasteiger partial charge in [0.05, 0.1) is 17.3 Å². The molecule has 12 aromatic rings. The monoisotopic (exact) mass is 1730 g/mol. The first-order chi connectivity index (χ1) is 41.8. The summed E-state index contributed by atoms with van der Waals surface area (Å²) >= 11 is 0. The van der Waals surface area contributed by atoms with Crippen LogP contribution in [-0.4, -0.2) is 47.6 Å². The molecule has 0 atom stereocenters. The zero-order chi connectivity index (χ0) is 62.4. The number of aromatic nitrogens is 3. The summed E-state index contributed by atoms with van der Waals surface area (Å²) in [4.78, 5) is 43.9. The maximum absolute atomic E-state index is 10.0. The van der Waals surface area contributed by atoms with E-state index in [1.54, 1.807) is 0 Å². The topological polar surface area (TPSA) is 190 Å². The Hall–Kier alpha value is -9.03. The molecule has 3 N–H and O–H groups in total. The molecular weight excluding hydrogens is 1660 g/mol. The van der Waals surface area contributed by atoms with Gasteiger partial charge in [0.15, 0.2) is 17.3 Å². The second-order valence-corrected chi connectivity index (χ2v) is 20.1. The van der Waals surface area contributed by atoms with Gasteiger partial charge in [0, 0.05) is 111 Å². The van der Waals surface area contributed by atoms with Crippen molar-refractivity contribution in [2.45, 2.75) is 62.3 Å². The number of allylic oxidation sites excluding steroid dienone is 6. The third-order valence-corrected chi connectivity index (χ3v) is 12.5. The molecule has 465 valence electrons. The average molecular weight is 1730 g/mol. The quantitative estimate of drug-likeness (QED) is 0.0705. The molecule has 0 spiro atoms. The number of pyridine rings is 3. The number of hydrogen-bond donors (Lipinski definition) is 3. The van der Waals surface area contributed by atoms with E-state index in [1.165, 1.54) is 76.5 Å². The SMILES string of the molecule is CC(=O)C=C(C)O.CC(=O)C=C(C)O.CC(=O)C=C(C)O.Cc1ccc(-c2cc3ccc(-c4[c-]cccc4)nc3o2)cc1.Cc1cccc(C)c1-c1cc2ccc(-c3[c-]cccc3)nc2o1.[Ir].[Ir].[Ir].[c-]1ccccc1-c1ccc2cc(-c3ccccc3)oc2n1. The molecule has 12 nitrogen and oxygen atoms in total. The van der Waals surface area contributed by atoms with Crippen LogP contribution in [0, 0.1) is 39.0 Å². The van der Waals surface area contributed by atoms with Crippen molar-refractivity contribution in [1.29, 1.82) is 0 Å². The largest absolute Gasteiger partial charge is 0.512 e. The Bertz CT molecular complexity index is 4210. The van der Waals surface area contributed by atoms with Crippen molar-refractivity contribution in [2.75, 3.05) is 0 Å². The number of carbonyl (C=O) groups excluding carboxylic acids is 3. The number of fused-ring (bicyclic) bond motifs is 3. The minimum atomic E-state index is -0.125. The van der Waals surface area contributed by atoms with Crippen LogP contribution in [0.1, 0.15) is 58.2 Å². The summed E-state index contributed by atoms with van der Waals surface area (Å²) in [6, 6.07) is 76.0. The molecule has 0 bridgehead atoms. The molecule has 6 heterocycles. The van der Waals surface area contributed by atoms with Gasteiger partial charge in [-0.1, -0.05) is 115 Å². The van der Waals surface area contributed by atoms with Crippen LogP contribution in [0.5, 0.6) is 0 Å². The zero-order valence-corrected chi connectivity index (χ0v) is 58.1. The molecule has 12 rings (SSSR count). The van der Waals surface area contributed by atoms with E-state index in [2.05, 4.69) is 109 Å². The number of aryl methyl sites for hydroxylation is 3. The molecule has 0 unspecified atom stereocenters. The summed E-state index contributed by atoms with van der Waals surface area (Å²) in [6.45, 7) is 14.8. The molecule has 0 fully saturated rings. The molecule has 6 aromatic heterocycles. The first-order valence-electron chi connectivity index (χ1n) is 27.8. The summed E-state index contributed by atoms with van der Waals surface area (Å²) < 4.78 is 17.9. The first kappa shape index (κ1) is 73.4. The van der Waals surface area contributed by atoms with Gasteiger partial charge in [-0.15, -0.1) is 108 Å². The van der Waals surface area contributed by atoms with Crippen molar-refractivity contribution < 1.29 is 103 Å². The van der Waals surface area contributed by atoms with Crippen LogP contribution in [0.25, 0.3) is 101 Å². The Kier molecular flexibility index (Phi) is 29.7. The summed E-state index contributed by atoms with van der Waals surface area (Å²) in [5.41, 5.74) is 14.4.